The van der Waals surface area contributed by atoms with Gasteiger partial charge in [-0.05, 0) is 61.6 Å². The Hall–Kier alpha value is -3.32. The number of rotatable bonds is 7. The summed E-state index contributed by atoms with van der Waals surface area (Å²) in [5.74, 6) is -1.65. The fourth-order valence-corrected chi connectivity index (χ4v) is 4.15. The van der Waals surface area contributed by atoms with Crippen LogP contribution < -0.4 is 5.32 Å². The zero-order valence-electron chi connectivity index (χ0n) is 22.2. The van der Waals surface area contributed by atoms with Crippen LogP contribution in [-0.4, -0.2) is 62.6 Å². The first-order valence-electron chi connectivity index (χ1n) is 12.3. The van der Waals surface area contributed by atoms with Gasteiger partial charge < -0.3 is 14.4 Å². The lowest BCUT2D eigenvalue weighted by Crippen LogP contribution is -2.45. The molecule has 0 unspecified atom stereocenters. The van der Waals surface area contributed by atoms with Gasteiger partial charge in [0, 0.05) is 23.2 Å². The number of likely N-dealkylation sites (tertiary alicyclic amines) is 1. The summed E-state index contributed by atoms with van der Waals surface area (Å²) in [5.41, 5.74) is -2.72. The van der Waals surface area contributed by atoms with Crippen LogP contribution in [0.1, 0.15) is 46.3 Å². The summed E-state index contributed by atoms with van der Waals surface area (Å²) >= 11 is 5.87. The van der Waals surface area contributed by atoms with Crippen molar-refractivity contribution in [3.05, 3.63) is 69.7 Å². The highest BCUT2D eigenvalue weighted by molar-refractivity contribution is 6.30. The molecule has 1 aliphatic rings. The van der Waals surface area contributed by atoms with Gasteiger partial charge in [-0.25, -0.2) is 0 Å². The van der Waals surface area contributed by atoms with Crippen LogP contribution in [0.25, 0.3) is 0 Å². The van der Waals surface area contributed by atoms with E-state index in [1.165, 1.54) is 19.1 Å². The lowest BCUT2D eigenvalue weighted by atomic mass is 9.94. The molecule has 0 aliphatic carbocycles. The van der Waals surface area contributed by atoms with Crippen molar-refractivity contribution in [2.45, 2.75) is 44.1 Å². The molecule has 0 aromatic heterocycles. The summed E-state index contributed by atoms with van der Waals surface area (Å²) in [6.07, 6.45) is -7.50. The van der Waals surface area contributed by atoms with Crippen LogP contribution >= 0.6 is 11.6 Å². The highest BCUT2D eigenvalue weighted by Gasteiger charge is 2.38. The largest absolute Gasteiger partial charge is 0.468 e. The molecule has 0 bridgehead atoms. The maximum atomic E-state index is 13.1. The van der Waals surface area contributed by atoms with E-state index in [2.05, 4.69) is 14.8 Å². The number of carbonyl (C=O) groups is 3. The Labute approximate surface area is 237 Å². The molecule has 2 aromatic rings. The fourth-order valence-electron chi connectivity index (χ4n) is 4.03. The number of hydrogen-bond donors (Lipinski definition) is 1. The van der Waals surface area contributed by atoms with Gasteiger partial charge in [-0.1, -0.05) is 23.7 Å². The van der Waals surface area contributed by atoms with Crippen LogP contribution in [0.2, 0.25) is 5.02 Å². The van der Waals surface area contributed by atoms with Crippen LogP contribution in [0.5, 0.6) is 0 Å². The summed E-state index contributed by atoms with van der Waals surface area (Å²) in [7, 11) is 2.56. The number of benzene rings is 2. The van der Waals surface area contributed by atoms with Crippen molar-refractivity contribution in [2.24, 2.45) is 0 Å². The van der Waals surface area contributed by atoms with Gasteiger partial charge in [-0.15, -0.1) is 0 Å². The van der Waals surface area contributed by atoms with Gasteiger partial charge in [-0.3, -0.25) is 19.7 Å². The number of carbonyl (C=O) groups excluding carboxylic acids is 3. The molecule has 3 rings (SSSR count). The maximum Gasteiger partial charge on any atom is 0.416 e. The SMILES string of the molecule is COC(=O)CNCC(=O)OC.O=C(c1cc(C(F)(F)F)cc(C(F)(F)F)c1)N1CCCC[C@H]1Cc1ccc(Cl)cc1. The average Bonchev–Trinajstić information content (AvgIpc) is 2.93. The Bertz CT molecular complexity index is 1140. The number of piperidine rings is 1. The second kappa shape index (κ2) is 15.1. The molecule has 2 aromatic carbocycles. The van der Waals surface area contributed by atoms with Gasteiger partial charge >= 0.3 is 24.3 Å². The summed E-state index contributed by atoms with van der Waals surface area (Å²) in [5, 5.41) is 3.08. The topological polar surface area (TPSA) is 84.9 Å². The predicted octanol–water partition coefficient (Wildman–Crippen LogP) is 5.54. The summed E-state index contributed by atoms with van der Waals surface area (Å²) < 4.78 is 87.4. The van der Waals surface area contributed by atoms with Crippen molar-refractivity contribution >= 4 is 29.4 Å². The van der Waals surface area contributed by atoms with Crippen molar-refractivity contribution in [3.63, 3.8) is 0 Å². The van der Waals surface area contributed by atoms with Crippen molar-refractivity contribution in [1.29, 1.82) is 0 Å². The standard InChI is InChI=1S/C21H18ClF6NO.C6H11NO4/c22-17-6-4-13(5-7-17)9-18-3-1-2-8-29(18)19(30)14-10-15(20(23,24)25)12-16(11-14)21(26,27)28;1-10-5(8)3-7-4-6(9)11-2/h4-7,10-12,18H,1-3,8-9H2;7H,3-4H2,1-2H3/t18-;/m0./s1. The van der Waals surface area contributed by atoms with Crippen molar-refractivity contribution < 1.29 is 50.2 Å². The molecule has 1 heterocycles. The highest BCUT2D eigenvalue weighted by Crippen LogP contribution is 2.37. The Balaban J connectivity index is 0.000000454. The summed E-state index contributed by atoms with van der Waals surface area (Å²) in [6.45, 7) is 0.311. The molecular weight excluding hydrogens is 582 g/mol. The predicted molar refractivity (Wildman–Crippen MR) is 137 cm³/mol. The molecule has 226 valence electrons. The normalized spacial score (nSPS) is 15.4. The van der Waals surface area contributed by atoms with Crippen molar-refractivity contribution in [3.8, 4) is 0 Å². The van der Waals surface area contributed by atoms with E-state index < -0.39 is 46.9 Å². The molecule has 14 heteroatoms. The van der Waals surface area contributed by atoms with E-state index in [0.29, 0.717) is 36.4 Å². The summed E-state index contributed by atoms with van der Waals surface area (Å²) in [4.78, 5) is 35.3. The maximum absolute atomic E-state index is 13.1. The third-order valence-electron chi connectivity index (χ3n) is 6.10. The van der Waals surface area contributed by atoms with Crippen LogP contribution in [-0.2, 0) is 37.8 Å². The fraction of sp³-hybridized carbons (Fsp3) is 0.444. The molecule has 1 aliphatic heterocycles. The highest BCUT2D eigenvalue weighted by atomic mass is 35.5. The molecule has 0 saturated carbocycles. The number of alkyl halides is 6. The van der Waals surface area contributed by atoms with Crippen LogP contribution in [0, 0.1) is 0 Å². The van der Waals surface area contributed by atoms with E-state index in [0.717, 1.165) is 12.0 Å². The van der Waals surface area contributed by atoms with Gasteiger partial charge in [0.25, 0.3) is 5.91 Å². The van der Waals surface area contributed by atoms with Crippen LogP contribution in [0.15, 0.2) is 42.5 Å². The lowest BCUT2D eigenvalue weighted by Gasteiger charge is -2.36. The van der Waals surface area contributed by atoms with Gasteiger partial charge in [0.15, 0.2) is 0 Å². The van der Waals surface area contributed by atoms with E-state index in [1.54, 1.807) is 24.3 Å². The number of esters is 2. The molecule has 1 amide bonds. The third-order valence-corrected chi connectivity index (χ3v) is 6.35. The van der Waals surface area contributed by atoms with E-state index in [-0.39, 0.29) is 31.7 Å². The summed E-state index contributed by atoms with van der Waals surface area (Å²) in [6, 6.07) is 7.63. The number of amides is 1. The number of nitrogens with one attached hydrogen (secondary N) is 1. The number of ether oxygens (including phenoxy) is 2. The first-order chi connectivity index (χ1) is 19.1. The second-order valence-electron chi connectivity index (χ2n) is 9.03. The van der Waals surface area contributed by atoms with Gasteiger partial charge in [0.1, 0.15) is 0 Å². The Morgan fingerprint density at radius 3 is 1.85 bits per heavy atom. The quantitative estimate of drug-likeness (QED) is 0.328. The second-order valence-corrected chi connectivity index (χ2v) is 9.47. The van der Waals surface area contributed by atoms with Gasteiger partial charge in [-0.2, -0.15) is 26.3 Å². The van der Waals surface area contributed by atoms with E-state index in [1.807, 2.05) is 0 Å². The lowest BCUT2D eigenvalue weighted by molar-refractivity contribution is -0.144. The zero-order valence-corrected chi connectivity index (χ0v) is 23.0. The molecule has 1 N–H and O–H groups in total. The van der Waals surface area contributed by atoms with Gasteiger partial charge in [0.05, 0.1) is 38.4 Å². The third kappa shape index (κ3) is 10.9. The Morgan fingerprint density at radius 2 is 1.39 bits per heavy atom. The minimum absolute atomic E-state index is 0.0194. The van der Waals surface area contributed by atoms with E-state index >= 15 is 0 Å². The molecule has 1 atom stereocenters. The smallest absolute Gasteiger partial charge is 0.416 e. The number of hydrogen-bond acceptors (Lipinski definition) is 6. The Morgan fingerprint density at radius 1 is 0.878 bits per heavy atom. The van der Waals surface area contributed by atoms with Crippen LogP contribution in [0.4, 0.5) is 26.3 Å². The molecular formula is C27H29ClF6N2O5. The first kappa shape index (κ1) is 33.9. The zero-order chi connectivity index (χ0) is 30.8. The van der Waals surface area contributed by atoms with Crippen LogP contribution in [0.3, 0.4) is 0 Å². The van der Waals surface area contributed by atoms with Crippen molar-refractivity contribution in [2.75, 3.05) is 33.9 Å². The average molecular weight is 611 g/mol. The van der Waals surface area contributed by atoms with Gasteiger partial charge in [0.2, 0.25) is 0 Å². The number of nitrogens with zero attached hydrogens (tertiary/aromatic N) is 1. The molecule has 1 saturated heterocycles. The molecule has 7 nitrogen and oxygen atoms in total. The van der Waals surface area contributed by atoms with E-state index in [9.17, 15) is 40.7 Å². The molecule has 1 fully saturated rings. The molecule has 0 radical (unpaired) electrons. The Kier molecular flexibility index (Phi) is 12.4. The minimum atomic E-state index is -5.00. The number of halogens is 7. The number of methoxy groups -OCH3 is 2. The molecule has 0 spiro atoms. The monoisotopic (exact) mass is 610 g/mol. The van der Waals surface area contributed by atoms with Crippen molar-refractivity contribution in [1.82, 2.24) is 10.2 Å². The molecule has 41 heavy (non-hydrogen) atoms. The minimum Gasteiger partial charge on any atom is -0.468 e. The first-order valence-corrected chi connectivity index (χ1v) is 12.7. The van der Waals surface area contributed by atoms with E-state index in [4.69, 9.17) is 11.6 Å².